The lowest BCUT2D eigenvalue weighted by Gasteiger charge is -2.23. The molecule has 0 saturated carbocycles. The number of carbonyl (C=O) groups is 1. The normalized spacial score (nSPS) is 23.7. The zero-order valence-corrected chi connectivity index (χ0v) is 9.68. The number of fused-ring (bicyclic) bond motifs is 7. The predicted molar refractivity (Wildman–Crippen MR) is 69.3 cm³/mol. The maximum Gasteiger partial charge on any atom is 0.184 e. The molecule has 2 unspecified atom stereocenters. The van der Waals surface area contributed by atoms with Crippen LogP contribution in [0.4, 0.5) is 5.69 Å². The fraction of sp³-hybridized carbons (Fsp3) is 0.133. The molecule has 0 amide bonds. The topological polar surface area (TPSA) is 55.1 Å². The Kier molecular flexibility index (Phi) is 1.76. The van der Waals surface area contributed by atoms with E-state index in [1.165, 1.54) is 5.56 Å². The molecule has 0 aromatic heterocycles. The standard InChI is InChI=1S/C15H12N2O/c16-8-5-6-10-12(7-8)14-15(18)11-4-2-1-3-9(11)13(10)17-14/h1-7,13-14,17H,16H2. The van der Waals surface area contributed by atoms with Crippen molar-refractivity contribution in [3.8, 4) is 0 Å². The Labute approximate surface area is 105 Å². The van der Waals surface area contributed by atoms with E-state index in [0.717, 1.165) is 16.7 Å². The van der Waals surface area contributed by atoms with Crippen molar-refractivity contribution in [2.24, 2.45) is 0 Å². The Hall–Kier alpha value is -2.13. The quantitative estimate of drug-likeness (QED) is 0.689. The average molecular weight is 236 g/mol. The second-order valence-electron chi connectivity index (χ2n) is 4.87. The van der Waals surface area contributed by atoms with E-state index < -0.39 is 0 Å². The maximum absolute atomic E-state index is 12.4. The van der Waals surface area contributed by atoms with Gasteiger partial charge in [0.15, 0.2) is 5.78 Å². The van der Waals surface area contributed by atoms with Gasteiger partial charge >= 0.3 is 0 Å². The summed E-state index contributed by atoms with van der Waals surface area (Å²) >= 11 is 0. The third-order valence-corrected chi connectivity index (χ3v) is 3.87. The number of nitrogens with two attached hydrogens (primary N) is 1. The summed E-state index contributed by atoms with van der Waals surface area (Å²) in [6, 6.07) is 13.6. The SMILES string of the molecule is Nc1ccc2c(c1)C1NC2c2ccccc2C1=O. The summed E-state index contributed by atoms with van der Waals surface area (Å²) in [7, 11) is 0. The van der Waals surface area contributed by atoms with Crippen molar-refractivity contribution >= 4 is 11.5 Å². The van der Waals surface area contributed by atoms with E-state index in [0.29, 0.717) is 5.69 Å². The molecule has 2 aromatic carbocycles. The molecule has 0 radical (unpaired) electrons. The molecule has 3 nitrogen and oxygen atoms in total. The summed E-state index contributed by atoms with van der Waals surface area (Å²) in [5.41, 5.74) is 10.6. The fourth-order valence-electron chi connectivity index (χ4n) is 3.06. The lowest BCUT2D eigenvalue weighted by molar-refractivity contribution is 0.0934. The summed E-state index contributed by atoms with van der Waals surface area (Å²) in [5.74, 6) is 0.145. The lowest BCUT2D eigenvalue weighted by atomic mass is 9.93. The zero-order chi connectivity index (χ0) is 12.3. The van der Waals surface area contributed by atoms with Crippen LogP contribution in [0.5, 0.6) is 0 Å². The van der Waals surface area contributed by atoms with Gasteiger partial charge in [0.1, 0.15) is 0 Å². The molecule has 3 N–H and O–H groups in total. The van der Waals surface area contributed by atoms with Crippen LogP contribution in [0.25, 0.3) is 0 Å². The van der Waals surface area contributed by atoms with Gasteiger partial charge in [0, 0.05) is 11.3 Å². The number of ketones is 1. The molecule has 0 fully saturated rings. The molecule has 88 valence electrons. The number of nitrogens with one attached hydrogen (secondary N) is 1. The second kappa shape index (κ2) is 3.21. The Morgan fingerprint density at radius 1 is 0.944 bits per heavy atom. The number of benzene rings is 2. The second-order valence-corrected chi connectivity index (χ2v) is 4.87. The van der Waals surface area contributed by atoms with Gasteiger partial charge in [0.05, 0.1) is 12.1 Å². The minimum Gasteiger partial charge on any atom is -0.399 e. The molecule has 2 bridgehead atoms. The van der Waals surface area contributed by atoms with Crippen LogP contribution in [0, 0.1) is 0 Å². The van der Waals surface area contributed by atoms with Crippen molar-refractivity contribution in [2.75, 3.05) is 5.73 Å². The van der Waals surface area contributed by atoms with Crippen molar-refractivity contribution < 1.29 is 4.79 Å². The Morgan fingerprint density at radius 3 is 2.67 bits per heavy atom. The molecule has 2 heterocycles. The third-order valence-electron chi connectivity index (χ3n) is 3.87. The molecule has 4 rings (SSSR count). The van der Waals surface area contributed by atoms with Crippen molar-refractivity contribution in [3.63, 3.8) is 0 Å². The minimum absolute atomic E-state index is 0.125. The van der Waals surface area contributed by atoms with Crippen molar-refractivity contribution in [2.45, 2.75) is 12.1 Å². The van der Waals surface area contributed by atoms with Crippen LogP contribution >= 0.6 is 0 Å². The number of rotatable bonds is 0. The predicted octanol–water partition coefficient (Wildman–Crippen LogP) is 2.20. The molecule has 0 saturated heterocycles. The molecule has 0 aliphatic carbocycles. The highest BCUT2D eigenvalue weighted by molar-refractivity contribution is 6.04. The van der Waals surface area contributed by atoms with Gasteiger partial charge in [-0.25, -0.2) is 0 Å². The van der Waals surface area contributed by atoms with Gasteiger partial charge in [-0.15, -0.1) is 0 Å². The summed E-state index contributed by atoms with van der Waals surface area (Å²) in [5, 5.41) is 3.38. The van der Waals surface area contributed by atoms with Crippen LogP contribution in [-0.4, -0.2) is 5.78 Å². The van der Waals surface area contributed by atoms with Crippen LogP contribution in [0.1, 0.15) is 39.1 Å². The Balaban J connectivity index is 2.02. The molecule has 3 heteroatoms. The summed E-state index contributed by atoms with van der Waals surface area (Å²) in [6.45, 7) is 0. The first-order valence-corrected chi connectivity index (χ1v) is 6.04. The highest BCUT2D eigenvalue weighted by atomic mass is 16.1. The highest BCUT2D eigenvalue weighted by Crippen LogP contribution is 2.44. The molecule has 2 aliphatic rings. The van der Waals surface area contributed by atoms with Gasteiger partial charge in [0.2, 0.25) is 0 Å². The van der Waals surface area contributed by atoms with E-state index in [1.807, 2.05) is 42.5 Å². The van der Waals surface area contributed by atoms with Crippen LogP contribution in [0.3, 0.4) is 0 Å². The van der Waals surface area contributed by atoms with E-state index in [9.17, 15) is 4.79 Å². The molecule has 0 spiro atoms. The molecular formula is C15H12N2O. The lowest BCUT2D eigenvalue weighted by Crippen LogP contribution is -2.32. The zero-order valence-electron chi connectivity index (χ0n) is 9.68. The van der Waals surface area contributed by atoms with E-state index >= 15 is 0 Å². The van der Waals surface area contributed by atoms with E-state index in [-0.39, 0.29) is 17.9 Å². The Bertz CT molecular complexity index is 678. The number of hydrogen-bond acceptors (Lipinski definition) is 3. The first-order valence-electron chi connectivity index (χ1n) is 6.04. The monoisotopic (exact) mass is 236 g/mol. The highest BCUT2D eigenvalue weighted by Gasteiger charge is 2.41. The number of anilines is 1. The minimum atomic E-state index is -0.233. The molecule has 2 aliphatic heterocycles. The molecule has 2 aromatic rings. The van der Waals surface area contributed by atoms with Crippen LogP contribution in [-0.2, 0) is 0 Å². The Morgan fingerprint density at radius 2 is 1.78 bits per heavy atom. The molecular weight excluding hydrogens is 224 g/mol. The van der Waals surface area contributed by atoms with Crippen molar-refractivity contribution in [1.82, 2.24) is 5.32 Å². The van der Waals surface area contributed by atoms with E-state index in [1.54, 1.807) is 0 Å². The fourth-order valence-corrected chi connectivity index (χ4v) is 3.06. The van der Waals surface area contributed by atoms with Gasteiger partial charge in [0.25, 0.3) is 0 Å². The first kappa shape index (κ1) is 9.85. The van der Waals surface area contributed by atoms with Gasteiger partial charge in [-0.2, -0.15) is 0 Å². The number of nitrogen functional groups attached to an aromatic ring is 1. The first-order chi connectivity index (χ1) is 8.75. The van der Waals surface area contributed by atoms with Crippen LogP contribution < -0.4 is 11.1 Å². The smallest absolute Gasteiger partial charge is 0.184 e. The third kappa shape index (κ3) is 1.09. The summed E-state index contributed by atoms with van der Waals surface area (Å²) < 4.78 is 0. The van der Waals surface area contributed by atoms with Crippen LogP contribution in [0.15, 0.2) is 42.5 Å². The maximum atomic E-state index is 12.4. The van der Waals surface area contributed by atoms with Crippen molar-refractivity contribution in [1.29, 1.82) is 0 Å². The van der Waals surface area contributed by atoms with Gasteiger partial charge in [-0.05, 0) is 28.8 Å². The average Bonchev–Trinajstić information content (AvgIpc) is 2.72. The molecule has 18 heavy (non-hydrogen) atoms. The van der Waals surface area contributed by atoms with Gasteiger partial charge in [-0.3, -0.25) is 10.1 Å². The van der Waals surface area contributed by atoms with E-state index in [4.69, 9.17) is 5.73 Å². The summed E-state index contributed by atoms with van der Waals surface area (Å²) in [4.78, 5) is 12.4. The van der Waals surface area contributed by atoms with E-state index in [2.05, 4.69) is 5.32 Å². The number of carbonyl (C=O) groups excluding carboxylic acids is 1. The number of hydrogen-bond donors (Lipinski definition) is 2. The number of Topliss-reactive ketones (excluding diaryl/α,β-unsaturated/α-hetero) is 1. The molecule has 2 atom stereocenters. The summed E-state index contributed by atoms with van der Waals surface area (Å²) in [6.07, 6.45) is 0. The largest absolute Gasteiger partial charge is 0.399 e. The van der Waals surface area contributed by atoms with Gasteiger partial charge < -0.3 is 5.73 Å². The van der Waals surface area contributed by atoms with Crippen molar-refractivity contribution in [3.05, 3.63) is 64.7 Å². The van der Waals surface area contributed by atoms with Gasteiger partial charge in [-0.1, -0.05) is 30.3 Å². The van der Waals surface area contributed by atoms with Crippen LogP contribution in [0.2, 0.25) is 0 Å².